The summed E-state index contributed by atoms with van der Waals surface area (Å²) < 4.78 is 2.01. The van der Waals surface area contributed by atoms with Crippen molar-refractivity contribution in [3.8, 4) is 0 Å². The predicted molar refractivity (Wildman–Crippen MR) is 81.5 cm³/mol. The zero-order chi connectivity index (χ0) is 15.0. The Morgan fingerprint density at radius 3 is 2.65 bits per heavy atom. The lowest BCUT2D eigenvalue weighted by atomic mass is 10.2. The molecule has 0 aliphatic rings. The first-order valence-corrected chi connectivity index (χ1v) is 8.07. The second kappa shape index (κ2) is 8.84. The molecule has 0 aliphatic carbocycles. The minimum absolute atomic E-state index is 0.0153. The molecule has 0 fully saturated rings. The molecule has 0 atom stereocenters. The third kappa shape index (κ3) is 5.03. The Hall–Kier alpha value is -1.24. The summed E-state index contributed by atoms with van der Waals surface area (Å²) in [6, 6.07) is 0. The first-order chi connectivity index (χ1) is 9.60. The minimum Gasteiger partial charge on any atom is -0.481 e. The van der Waals surface area contributed by atoms with Crippen LogP contribution in [0.3, 0.4) is 0 Å². The van der Waals surface area contributed by atoms with Gasteiger partial charge in [0.25, 0.3) is 0 Å². The van der Waals surface area contributed by atoms with Gasteiger partial charge in [0, 0.05) is 20.1 Å². The lowest BCUT2D eigenvalue weighted by molar-refractivity contribution is -0.133. The van der Waals surface area contributed by atoms with Gasteiger partial charge in [0.2, 0.25) is 5.95 Å². The summed E-state index contributed by atoms with van der Waals surface area (Å²) in [6.45, 7) is 6.02. The second-order valence-corrected chi connectivity index (χ2v) is 5.69. The molecule has 7 heteroatoms. The van der Waals surface area contributed by atoms with E-state index in [1.807, 2.05) is 11.6 Å². The molecule has 114 valence electrons. The van der Waals surface area contributed by atoms with E-state index in [0.29, 0.717) is 5.16 Å². The van der Waals surface area contributed by atoms with Gasteiger partial charge >= 0.3 is 5.97 Å². The van der Waals surface area contributed by atoms with Crippen molar-refractivity contribution in [3.63, 3.8) is 0 Å². The van der Waals surface area contributed by atoms with Gasteiger partial charge in [0.1, 0.15) is 0 Å². The average Bonchev–Trinajstić information content (AvgIpc) is 2.80. The van der Waals surface area contributed by atoms with E-state index in [1.165, 1.54) is 24.6 Å². The van der Waals surface area contributed by atoms with Gasteiger partial charge in [-0.25, -0.2) is 0 Å². The third-order valence-electron chi connectivity index (χ3n) is 2.91. The lowest BCUT2D eigenvalue weighted by Crippen LogP contribution is -2.23. The summed E-state index contributed by atoms with van der Waals surface area (Å²) in [5.41, 5.74) is 0. The van der Waals surface area contributed by atoms with Gasteiger partial charge in [-0.1, -0.05) is 38.5 Å². The molecule has 1 heterocycles. The molecule has 6 nitrogen and oxygen atoms in total. The summed E-state index contributed by atoms with van der Waals surface area (Å²) in [6.07, 6.45) is 4.49. The number of carboxylic acid groups (broad SMARTS) is 1. The maximum Gasteiger partial charge on any atom is 0.313 e. The van der Waals surface area contributed by atoms with Gasteiger partial charge in [-0.15, -0.1) is 10.2 Å². The van der Waals surface area contributed by atoms with Gasteiger partial charge < -0.3 is 10.0 Å². The maximum absolute atomic E-state index is 10.7. The molecular weight excluding hydrogens is 276 g/mol. The van der Waals surface area contributed by atoms with Gasteiger partial charge in [0.15, 0.2) is 5.16 Å². The number of hydrogen-bond donors (Lipinski definition) is 1. The van der Waals surface area contributed by atoms with Crippen LogP contribution in [0, 0.1) is 0 Å². The van der Waals surface area contributed by atoms with Gasteiger partial charge in [0.05, 0.1) is 5.75 Å². The van der Waals surface area contributed by atoms with Crippen molar-refractivity contribution >= 4 is 23.7 Å². The highest BCUT2D eigenvalue weighted by molar-refractivity contribution is 7.99. The van der Waals surface area contributed by atoms with Crippen molar-refractivity contribution < 1.29 is 9.90 Å². The SMILES string of the molecule is CCCCCN(C)c1nnc(SCC(=O)O)n1CCC. The molecule has 0 saturated heterocycles. The molecule has 0 spiro atoms. The van der Waals surface area contributed by atoms with Crippen molar-refractivity contribution in [2.45, 2.75) is 51.2 Å². The van der Waals surface area contributed by atoms with Crippen LogP contribution in [-0.4, -0.2) is 45.2 Å². The molecule has 0 saturated carbocycles. The van der Waals surface area contributed by atoms with E-state index < -0.39 is 5.97 Å². The van der Waals surface area contributed by atoms with Crippen LogP contribution in [0.15, 0.2) is 5.16 Å². The number of thioether (sulfide) groups is 1. The maximum atomic E-state index is 10.7. The van der Waals surface area contributed by atoms with Crippen LogP contribution >= 0.6 is 11.8 Å². The first-order valence-electron chi connectivity index (χ1n) is 7.09. The highest BCUT2D eigenvalue weighted by Gasteiger charge is 2.16. The number of carbonyl (C=O) groups is 1. The fourth-order valence-corrected chi connectivity index (χ4v) is 2.59. The fraction of sp³-hybridized carbons (Fsp3) is 0.769. The van der Waals surface area contributed by atoms with E-state index in [0.717, 1.165) is 31.9 Å². The van der Waals surface area contributed by atoms with E-state index in [-0.39, 0.29) is 5.75 Å². The van der Waals surface area contributed by atoms with Crippen LogP contribution in [0.4, 0.5) is 5.95 Å². The van der Waals surface area contributed by atoms with Crippen molar-refractivity contribution in [2.75, 3.05) is 24.2 Å². The first kappa shape index (κ1) is 16.8. The highest BCUT2D eigenvalue weighted by Crippen LogP contribution is 2.22. The van der Waals surface area contributed by atoms with E-state index in [9.17, 15) is 4.79 Å². The van der Waals surface area contributed by atoms with E-state index >= 15 is 0 Å². The van der Waals surface area contributed by atoms with Gasteiger partial charge in [-0.2, -0.15) is 0 Å². The number of carboxylic acids is 1. The molecule has 1 N–H and O–H groups in total. The second-order valence-electron chi connectivity index (χ2n) is 4.75. The number of nitrogens with zero attached hydrogens (tertiary/aromatic N) is 4. The largest absolute Gasteiger partial charge is 0.481 e. The zero-order valence-electron chi connectivity index (χ0n) is 12.5. The number of rotatable bonds is 10. The Balaban J connectivity index is 2.76. The molecule has 0 aliphatic heterocycles. The molecule has 1 aromatic rings. The van der Waals surface area contributed by atoms with Crippen LogP contribution in [0.2, 0.25) is 0 Å². The van der Waals surface area contributed by atoms with Gasteiger partial charge in [-0.05, 0) is 12.8 Å². The number of aliphatic carboxylic acids is 1. The topological polar surface area (TPSA) is 71.2 Å². The Morgan fingerprint density at radius 1 is 1.30 bits per heavy atom. The lowest BCUT2D eigenvalue weighted by Gasteiger charge is -2.19. The molecule has 0 amide bonds. The number of aromatic nitrogens is 3. The number of hydrogen-bond acceptors (Lipinski definition) is 5. The summed E-state index contributed by atoms with van der Waals surface area (Å²) in [7, 11) is 2.01. The van der Waals surface area contributed by atoms with E-state index in [2.05, 4.69) is 28.9 Å². The predicted octanol–water partition coefficient (Wildman–Crippen LogP) is 2.49. The van der Waals surface area contributed by atoms with Crippen molar-refractivity contribution in [2.24, 2.45) is 0 Å². The summed E-state index contributed by atoms with van der Waals surface area (Å²) in [4.78, 5) is 12.8. The highest BCUT2D eigenvalue weighted by atomic mass is 32.2. The molecule has 1 aromatic heterocycles. The summed E-state index contributed by atoms with van der Waals surface area (Å²) >= 11 is 1.22. The molecular formula is C13H24N4O2S. The van der Waals surface area contributed by atoms with Crippen LogP contribution < -0.4 is 4.90 Å². The number of unbranched alkanes of at least 4 members (excludes halogenated alkanes) is 2. The standard InChI is InChI=1S/C13H24N4O2S/c1-4-6-7-9-16(3)12-14-15-13(17(12)8-5-2)20-10-11(18)19/h4-10H2,1-3H3,(H,18,19). The molecule has 1 rings (SSSR count). The van der Waals surface area contributed by atoms with Crippen LogP contribution in [0.5, 0.6) is 0 Å². The summed E-state index contributed by atoms with van der Waals surface area (Å²) in [5.74, 6) is 0.0104. The fourth-order valence-electron chi connectivity index (χ4n) is 1.91. The number of anilines is 1. The van der Waals surface area contributed by atoms with Crippen molar-refractivity contribution in [1.29, 1.82) is 0 Å². The van der Waals surface area contributed by atoms with Crippen molar-refractivity contribution in [3.05, 3.63) is 0 Å². The third-order valence-corrected chi connectivity index (χ3v) is 3.86. The molecule has 0 unspecified atom stereocenters. The average molecular weight is 300 g/mol. The Morgan fingerprint density at radius 2 is 2.05 bits per heavy atom. The Kier molecular flexibility index (Phi) is 7.43. The van der Waals surface area contributed by atoms with E-state index in [1.54, 1.807) is 0 Å². The molecule has 0 bridgehead atoms. The smallest absolute Gasteiger partial charge is 0.313 e. The summed E-state index contributed by atoms with van der Waals surface area (Å²) in [5, 5.41) is 17.8. The molecule has 0 aromatic carbocycles. The molecule has 0 radical (unpaired) electrons. The van der Waals surface area contributed by atoms with E-state index in [4.69, 9.17) is 5.11 Å². The minimum atomic E-state index is -0.834. The monoisotopic (exact) mass is 300 g/mol. The Labute approximate surface area is 124 Å². The van der Waals surface area contributed by atoms with Gasteiger partial charge in [-0.3, -0.25) is 9.36 Å². The quantitative estimate of drug-likeness (QED) is 0.529. The van der Waals surface area contributed by atoms with Crippen LogP contribution in [-0.2, 0) is 11.3 Å². The van der Waals surface area contributed by atoms with Crippen molar-refractivity contribution in [1.82, 2.24) is 14.8 Å². The zero-order valence-corrected chi connectivity index (χ0v) is 13.3. The van der Waals surface area contributed by atoms with Crippen LogP contribution in [0.1, 0.15) is 39.5 Å². The van der Waals surface area contributed by atoms with Crippen LogP contribution in [0.25, 0.3) is 0 Å². The normalized spacial score (nSPS) is 10.8. The molecule has 20 heavy (non-hydrogen) atoms. The Bertz CT molecular complexity index is 423.